The monoisotopic (exact) mass is 360 g/mol. The van der Waals surface area contributed by atoms with Crippen molar-refractivity contribution in [1.82, 2.24) is 4.90 Å². The standard InChI is InChI=1S/C20H28N2O4/c1-20(2,3)26-19(24)21-15-10-8-14(9-11-15)18(23)22-12-13-25-17-7-5-4-6-16(17)22/h8-11,16-17H,4-7,12-13H2,1-3H3,(H,21,24)/t16-,17-/m1/s1. The van der Waals surface area contributed by atoms with Gasteiger partial charge in [-0.15, -0.1) is 0 Å². The molecule has 1 N–H and O–H groups in total. The van der Waals surface area contributed by atoms with Crippen LogP contribution in [0.25, 0.3) is 0 Å². The van der Waals surface area contributed by atoms with Gasteiger partial charge in [-0.1, -0.05) is 12.8 Å². The van der Waals surface area contributed by atoms with Crippen molar-refractivity contribution in [1.29, 1.82) is 0 Å². The van der Waals surface area contributed by atoms with Gasteiger partial charge in [0.05, 0.1) is 18.8 Å². The number of nitrogens with zero attached hydrogens (tertiary/aromatic N) is 1. The van der Waals surface area contributed by atoms with E-state index in [4.69, 9.17) is 9.47 Å². The highest BCUT2D eigenvalue weighted by molar-refractivity contribution is 5.95. The number of morpholine rings is 1. The first-order valence-corrected chi connectivity index (χ1v) is 9.36. The van der Waals surface area contributed by atoms with Crippen LogP contribution in [0.5, 0.6) is 0 Å². The van der Waals surface area contributed by atoms with Crippen LogP contribution in [0, 0.1) is 0 Å². The molecule has 1 aliphatic heterocycles. The lowest BCUT2D eigenvalue weighted by atomic mass is 9.89. The Hall–Kier alpha value is -2.08. The summed E-state index contributed by atoms with van der Waals surface area (Å²) in [6.07, 6.45) is 4.03. The summed E-state index contributed by atoms with van der Waals surface area (Å²) in [7, 11) is 0. The number of benzene rings is 1. The van der Waals surface area contributed by atoms with E-state index in [0.29, 0.717) is 24.4 Å². The molecule has 0 bridgehead atoms. The highest BCUT2D eigenvalue weighted by atomic mass is 16.6. The Labute approximate surface area is 154 Å². The molecule has 2 fully saturated rings. The number of carbonyl (C=O) groups excluding carboxylic acids is 2. The van der Waals surface area contributed by atoms with Gasteiger partial charge in [0, 0.05) is 17.8 Å². The average Bonchev–Trinajstić information content (AvgIpc) is 2.59. The number of ether oxygens (including phenoxy) is 2. The van der Waals surface area contributed by atoms with E-state index in [1.54, 1.807) is 24.3 Å². The minimum atomic E-state index is -0.549. The Morgan fingerprint density at radius 3 is 2.54 bits per heavy atom. The fourth-order valence-electron chi connectivity index (χ4n) is 3.63. The number of hydrogen-bond donors (Lipinski definition) is 1. The SMILES string of the molecule is CC(C)(C)OC(=O)Nc1ccc(C(=O)N2CCO[C@@H]3CCCC[C@H]32)cc1. The first kappa shape index (κ1) is 18.7. The van der Waals surface area contributed by atoms with Crippen molar-refractivity contribution in [3.05, 3.63) is 29.8 Å². The molecule has 1 aromatic rings. The summed E-state index contributed by atoms with van der Waals surface area (Å²) >= 11 is 0. The van der Waals surface area contributed by atoms with Gasteiger partial charge in [-0.2, -0.15) is 0 Å². The highest BCUT2D eigenvalue weighted by Gasteiger charge is 2.36. The highest BCUT2D eigenvalue weighted by Crippen LogP contribution is 2.29. The van der Waals surface area contributed by atoms with Crippen LogP contribution in [0.3, 0.4) is 0 Å². The summed E-state index contributed by atoms with van der Waals surface area (Å²) in [6, 6.07) is 7.15. The molecule has 0 unspecified atom stereocenters. The van der Waals surface area contributed by atoms with E-state index in [2.05, 4.69) is 5.32 Å². The average molecular weight is 360 g/mol. The van der Waals surface area contributed by atoms with Gasteiger partial charge in [0.15, 0.2) is 0 Å². The molecule has 0 spiro atoms. The first-order valence-electron chi connectivity index (χ1n) is 9.36. The number of carbonyl (C=O) groups is 2. The molecule has 6 heteroatoms. The second-order valence-electron chi connectivity index (χ2n) is 7.96. The van der Waals surface area contributed by atoms with E-state index in [9.17, 15) is 9.59 Å². The number of rotatable bonds is 2. The summed E-state index contributed by atoms with van der Waals surface area (Å²) in [5, 5.41) is 2.68. The minimum absolute atomic E-state index is 0.0361. The summed E-state index contributed by atoms with van der Waals surface area (Å²) in [6.45, 7) is 6.68. The van der Waals surface area contributed by atoms with Crippen LogP contribution in [0.2, 0.25) is 0 Å². The molecular weight excluding hydrogens is 332 g/mol. The molecule has 1 aliphatic carbocycles. The molecule has 2 amide bonds. The van der Waals surface area contributed by atoms with Crippen LogP contribution in [0.4, 0.5) is 10.5 Å². The van der Waals surface area contributed by atoms with Crippen LogP contribution in [0.1, 0.15) is 56.8 Å². The molecule has 2 atom stereocenters. The van der Waals surface area contributed by atoms with Gasteiger partial charge in [0.25, 0.3) is 5.91 Å². The molecule has 0 aromatic heterocycles. The molecule has 1 saturated carbocycles. The van der Waals surface area contributed by atoms with Crippen molar-refractivity contribution in [2.75, 3.05) is 18.5 Å². The second kappa shape index (κ2) is 7.66. The maximum atomic E-state index is 12.9. The van der Waals surface area contributed by atoms with E-state index < -0.39 is 11.7 Å². The Balaban J connectivity index is 1.64. The van der Waals surface area contributed by atoms with Crippen molar-refractivity contribution >= 4 is 17.7 Å². The molecule has 6 nitrogen and oxygen atoms in total. The molecular formula is C20H28N2O4. The zero-order chi connectivity index (χ0) is 18.7. The smallest absolute Gasteiger partial charge is 0.412 e. The number of fused-ring (bicyclic) bond motifs is 1. The van der Waals surface area contributed by atoms with Gasteiger partial charge in [-0.3, -0.25) is 10.1 Å². The lowest BCUT2D eigenvalue weighted by Gasteiger charge is -2.43. The third-order valence-electron chi connectivity index (χ3n) is 4.77. The van der Waals surface area contributed by atoms with Gasteiger partial charge in [0.2, 0.25) is 0 Å². The van der Waals surface area contributed by atoms with Crippen molar-refractivity contribution < 1.29 is 19.1 Å². The molecule has 1 saturated heterocycles. The van der Waals surface area contributed by atoms with Gasteiger partial charge < -0.3 is 14.4 Å². The second-order valence-corrected chi connectivity index (χ2v) is 7.96. The predicted octanol–water partition coefficient (Wildman–Crippen LogP) is 3.82. The first-order chi connectivity index (χ1) is 12.3. The zero-order valence-electron chi connectivity index (χ0n) is 15.8. The largest absolute Gasteiger partial charge is 0.444 e. The van der Waals surface area contributed by atoms with E-state index in [-0.39, 0.29) is 18.1 Å². The molecule has 1 aromatic carbocycles. The molecule has 26 heavy (non-hydrogen) atoms. The van der Waals surface area contributed by atoms with Gasteiger partial charge in [0.1, 0.15) is 5.60 Å². The lowest BCUT2D eigenvalue weighted by molar-refractivity contribution is -0.0752. The topological polar surface area (TPSA) is 67.9 Å². The molecule has 3 rings (SSSR count). The molecule has 1 heterocycles. The van der Waals surface area contributed by atoms with Gasteiger partial charge in [-0.25, -0.2) is 4.79 Å². The van der Waals surface area contributed by atoms with Crippen molar-refractivity contribution in [3.8, 4) is 0 Å². The maximum Gasteiger partial charge on any atom is 0.412 e. The van der Waals surface area contributed by atoms with Crippen molar-refractivity contribution in [2.45, 2.75) is 64.2 Å². The van der Waals surface area contributed by atoms with Crippen LogP contribution in [-0.4, -0.2) is 47.8 Å². The third-order valence-corrected chi connectivity index (χ3v) is 4.77. The number of nitrogens with one attached hydrogen (secondary N) is 1. The fourth-order valence-corrected chi connectivity index (χ4v) is 3.63. The summed E-state index contributed by atoms with van der Waals surface area (Å²) in [5.74, 6) is 0.0361. The van der Waals surface area contributed by atoms with E-state index >= 15 is 0 Å². The Bertz CT molecular complexity index is 649. The van der Waals surface area contributed by atoms with Crippen molar-refractivity contribution in [3.63, 3.8) is 0 Å². The van der Waals surface area contributed by atoms with Gasteiger partial charge >= 0.3 is 6.09 Å². The minimum Gasteiger partial charge on any atom is -0.444 e. The number of anilines is 1. The molecule has 0 radical (unpaired) electrons. The Morgan fingerprint density at radius 1 is 1.15 bits per heavy atom. The van der Waals surface area contributed by atoms with Crippen LogP contribution in [-0.2, 0) is 9.47 Å². The van der Waals surface area contributed by atoms with Crippen LogP contribution in [0.15, 0.2) is 24.3 Å². The maximum absolute atomic E-state index is 12.9. The van der Waals surface area contributed by atoms with Crippen LogP contribution < -0.4 is 5.32 Å². The number of amides is 2. The van der Waals surface area contributed by atoms with E-state index in [1.807, 2.05) is 25.7 Å². The third kappa shape index (κ3) is 4.55. The van der Waals surface area contributed by atoms with E-state index in [1.165, 1.54) is 6.42 Å². The van der Waals surface area contributed by atoms with Crippen molar-refractivity contribution in [2.24, 2.45) is 0 Å². The summed E-state index contributed by atoms with van der Waals surface area (Å²) in [4.78, 5) is 26.7. The van der Waals surface area contributed by atoms with Gasteiger partial charge in [-0.05, 0) is 57.9 Å². The fraction of sp³-hybridized carbons (Fsp3) is 0.600. The van der Waals surface area contributed by atoms with E-state index in [0.717, 1.165) is 19.3 Å². The quantitative estimate of drug-likeness (QED) is 0.871. The summed E-state index contributed by atoms with van der Waals surface area (Å²) in [5.41, 5.74) is 0.687. The Kier molecular flexibility index (Phi) is 5.51. The predicted molar refractivity (Wildman–Crippen MR) is 99.3 cm³/mol. The number of hydrogen-bond acceptors (Lipinski definition) is 4. The van der Waals surface area contributed by atoms with Crippen LogP contribution >= 0.6 is 0 Å². The zero-order valence-corrected chi connectivity index (χ0v) is 15.8. The lowest BCUT2D eigenvalue weighted by Crippen LogP contribution is -2.54. The molecule has 142 valence electrons. The summed E-state index contributed by atoms with van der Waals surface area (Å²) < 4.78 is 11.1. The normalized spacial score (nSPS) is 23.1. The molecule has 2 aliphatic rings. The Morgan fingerprint density at radius 2 is 1.85 bits per heavy atom.